The average molecular weight is 218 g/mol. The number of ketones is 1. The van der Waals surface area contributed by atoms with Crippen molar-refractivity contribution in [3.05, 3.63) is 42.0 Å². The third kappa shape index (κ3) is 3.69. The minimum absolute atomic E-state index is 0.190. The smallest absolute Gasteiger partial charge is 0.318 e. The molecule has 3 heteroatoms. The van der Waals surface area contributed by atoms with E-state index in [9.17, 15) is 9.59 Å². The highest BCUT2D eigenvalue weighted by atomic mass is 16.5. The van der Waals surface area contributed by atoms with E-state index in [4.69, 9.17) is 4.74 Å². The number of ether oxygens (including phenoxy) is 1. The van der Waals surface area contributed by atoms with Crippen molar-refractivity contribution in [2.24, 2.45) is 0 Å². The SMILES string of the molecule is CC=C(OC(=O)CC(C)=O)c1ccccc1. The van der Waals surface area contributed by atoms with Crippen molar-refractivity contribution in [1.29, 1.82) is 0 Å². The Kier molecular flexibility index (Phi) is 4.45. The summed E-state index contributed by atoms with van der Waals surface area (Å²) in [5.74, 6) is -0.246. The summed E-state index contributed by atoms with van der Waals surface area (Å²) < 4.78 is 5.10. The summed E-state index contributed by atoms with van der Waals surface area (Å²) in [6.07, 6.45) is 1.51. The lowest BCUT2D eigenvalue weighted by molar-refractivity contribution is -0.139. The fourth-order valence-corrected chi connectivity index (χ4v) is 1.25. The second kappa shape index (κ2) is 5.85. The van der Waals surface area contributed by atoms with E-state index in [1.165, 1.54) is 6.92 Å². The fraction of sp³-hybridized carbons (Fsp3) is 0.231. The summed E-state index contributed by atoms with van der Waals surface area (Å²) in [7, 11) is 0. The molecule has 0 aliphatic rings. The maximum absolute atomic E-state index is 11.3. The summed E-state index contributed by atoms with van der Waals surface area (Å²) in [6.45, 7) is 3.14. The second-order valence-electron chi connectivity index (χ2n) is 3.37. The molecule has 0 saturated heterocycles. The van der Waals surface area contributed by atoms with Crippen LogP contribution in [0.3, 0.4) is 0 Å². The lowest BCUT2D eigenvalue weighted by Crippen LogP contribution is -2.08. The average Bonchev–Trinajstić information content (AvgIpc) is 2.26. The molecule has 0 fully saturated rings. The van der Waals surface area contributed by atoms with Gasteiger partial charge in [-0.3, -0.25) is 9.59 Å². The van der Waals surface area contributed by atoms with E-state index in [0.29, 0.717) is 5.76 Å². The molecule has 0 amide bonds. The maximum Gasteiger partial charge on any atom is 0.318 e. The zero-order valence-electron chi connectivity index (χ0n) is 9.40. The molecule has 0 saturated carbocycles. The first-order valence-electron chi connectivity index (χ1n) is 5.05. The second-order valence-corrected chi connectivity index (χ2v) is 3.37. The lowest BCUT2D eigenvalue weighted by Gasteiger charge is -2.07. The summed E-state index contributed by atoms with van der Waals surface area (Å²) in [4.78, 5) is 22.1. The van der Waals surface area contributed by atoms with Gasteiger partial charge >= 0.3 is 5.97 Å². The number of hydrogen-bond donors (Lipinski definition) is 0. The Bertz CT molecular complexity index is 404. The zero-order chi connectivity index (χ0) is 12.0. The van der Waals surface area contributed by atoms with Crippen LogP contribution in [0.5, 0.6) is 0 Å². The Balaban J connectivity index is 2.72. The van der Waals surface area contributed by atoms with E-state index >= 15 is 0 Å². The van der Waals surface area contributed by atoms with E-state index in [-0.39, 0.29) is 12.2 Å². The minimum Gasteiger partial charge on any atom is -0.426 e. The van der Waals surface area contributed by atoms with Gasteiger partial charge in [0.25, 0.3) is 0 Å². The summed E-state index contributed by atoms with van der Waals surface area (Å²) in [6, 6.07) is 9.29. The van der Waals surface area contributed by atoms with Crippen molar-refractivity contribution in [1.82, 2.24) is 0 Å². The number of allylic oxidation sites excluding steroid dienone is 1. The monoisotopic (exact) mass is 218 g/mol. The minimum atomic E-state index is -0.524. The first-order chi connectivity index (χ1) is 7.63. The molecular weight excluding hydrogens is 204 g/mol. The third-order valence-corrected chi connectivity index (χ3v) is 1.94. The van der Waals surface area contributed by atoms with Crippen molar-refractivity contribution < 1.29 is 14.3 Å². The first-order valence-corrected chi connectivity index (χ1v) is 5.05. The number of benzene rings is 1. The molecule has 3 nitrogen and oxygen atoms in total. The number of carbonyl (C=O) groups is 2. The Morgan fingerprint density at radius 3 is 2.38 bits per heavy atom. The van der Waals surface area contributed by atoms with Gasteiger partial charge in [0, 0.05) is 5.56 Å². The standard InChI is InChI=1S/C13H14O3/c1-3-12(11-7-5-4-6-8-11)16-13(15)9-10(2)14/h3-8H,9H2,1-2H3. The van der Waals surface area contributed by atoms with Gasteiger partial charge in [-0.05, 0) is 19.9 Å². The number of hydrogen-bond acceptors (Lipinski definition) is 3. The van der Waals surface area contributed by atoms with Gasteiger partial charge in [-0.15, -0.1) is 0 Å². The molecule has 0 spiro atoms. The Morgan fingerprint density at radius 1 is 1.25 bits per heavy atom. The largest absolute Gasteiger partial charge is 0.426 e. The third-order valence-electron chi connectivity index (χ3n) is 1.94. The van der Waals surface area contributed by atoms with Crippen LogP contribution < -0.4 is 0 Å². The van der Waals surface area contributed by atoms with Crippen molar-refractivity contribution in [2.75, 3.05) is 0 Å². The van der Waals surface area contributed by atoms with Crippen LogP contribution in [0.2, 0.25) is 0 Å². The van der Waals surface area contributed by atoms with Gasteiger partial charge in [0.15, 0.2) is 0 Å². The quantitative estimate of drug-likeness (QED) is 0.443. The summed E-state index contributed by atoms with van der Waals surface area (Å²) in [5, 5.41) is 0. The van der Waals surface area contributed by atoms with E-state index in [2.05, 4.69) is 0 Å². The molecule has 0 atom stereocenters. The first kappa shape index (κ1) is 12.2. The highest BCUT2D eigenvalue weighted by molar-refractivity contribution is 5.95. The van der Waals surface area contributed by atoms with Gasteiger partial charge in [-0.1, -0.05) is 30.3 Å². The van der Waals surface area contributed by atoms with Crippen LogP contribution in [0.4, 0.5) is 0 Å². The van der Waals surface area contributed by atoms with Gasteiger partial charge in [0.1, 0.15) is 18.0 Å². The van der Waals surface area contributed by atoms with Crippen molar-refractivity contribution in [3.8, 4) is 0 Å². The molecule has 1 aromatic carbocycles. The number of rotatable bonds is 4. The van der Waals surface area contributed by atoms with Crippen LogP contribution in [0.15, 0.2) is 36.4 Å². The van der Waals surface area contributed by atoms with Crippen LogP contribution in [0, 0.1) is 0 Å². The molecule has 0 heterocycles. The maximum atomic E-state index is 11.3. The fourth-order valence-electron chi connectivity index (χ4n) is 1.25. The van der Waals surface area contributed by atoms with Crippen LogP contribution in [0.1, 0.15) is 25.8 Å². The molecular formula is C13H14O3. The van der Waals surface area contributed by atoms with Crippen LogP contribution in [-0.2, 0) is 14.3 Å². The number of esters is 1. The van der Waals surface area contributed by atoms with E-state index in [0.717, 1.165) is 5.56 Å². The van der Waals surface area contributed by atoms with Gasteiger partial charge in [-0.2, -0.15) is 0 Å². The predicted octanol–water partition coefficient (Wildman–Crippen LogP) is 2.57. The molecule has 0 aliphatic carbocycles. The normalized spacial score (nSPS) is 11.0. The molecule has 0 unspecified atom stereocenters. The molecule has 84 valence electrons. The molecule has 16 heavy (non-hydrogen) atoms. The van der Waals surface area contributed by atoms with Crippen LogP contribution in [0.25, 0.3) is 5.76 Å². The highest BCUT2D eigenvalue weighted by Gasteiger charge is 2.10. The van der Waals surface area contributed by atoms with Crippen LogP contribution >= 0.6 is 0 Å². The topological polar surface area (TPSA) is 43.4 Å². The van der Waals surface area contributed by atoms with Gasteiger partial charge in [0.2, 0.25) is 0 Å². The van der Waals surface area contributed by atoms with Crippen molar-refractivity contribution >= 4 is 17.5 Å². The molecule has 0 radical (unpaired) electrons. The van der Waals surface area contributed by atoms with E-state index < -0.39 is 5.97 Å². The summed E-state index contributed by atoms with van der Waals surface area (Å²) in [5.41, 5.74) is 0.821. The van der Waals surface area contributed by atoms with E-state index in [1.54, 1.807) is 13.0 Å². The Morgan fingerprint density at radius 2 is 1.88 bits per heavy atom. The molecule has 0 N–H and O–H groups in total. The zero-order valence-corrected chi connectivity index (χ0v) is 9.40. The highest BCUT2D eigenvalue weighted by Crippen LogP contribution is 2.15. The number of carbonyl (C=O) groups excluding carboxylic acids is 2. The predicted molar refractivity (Wildman–Crippen MR) is 61.5 cm³/mol. The van der Waals surface area contributed by atoms with Crippen molar-refractivity contribution in [3.63, 3.8) is 0 Å². The van der Waals surface area contributed by atoms with E-state index in [1.807, 2.05) is 30.3 Å². The van der Waals surface area contributed by atoms with Crippen LogP contribution in [-0.4, -0.2) is 11.8 Å². The molecule has 1 rings (SSSR count). The van der Waals surface area contributed by atoms with Gasteiger partial charge in [0.05, 0.1) is 0 Å². The Labute approximate surface area is 94.7 Å². The molecule has 1 aromatic rings. The Hall–Kier alpha value is -1.90. The van der Waals surface area contributed by atoms with Gasteiger partial charge < -0.3 is 4.74 Å². The summed E-state index contributed by atoms with van der Waals surface area (Å²) >= 11 is 0. The number of Topliss-reactive ketones (excluding diaryl/α,β-unsaturated/α-hetero) is 1. The molecule has 0 bridgehead atoms. The van der Waals surface area contributed by atoms with Gasteiger partial charge in [-0.25, -0.2) is 0 Å². The lowest BCUT2D eigenvalue weighted by atomic mass is 10.2. The van der Waals surface area contributed by atoms with Crippen molar-refractivity contribution in [2.45, 2.75) is 20.3 Å². The molecule has 0 aliphatic heterocycles. The molecule has 0 aromatic heterocycles.